The standard InChI is InChI=1S/C24H25ClN2O5S3/c1-16-4-9-20(32-16)14-27(19-10-12-35(30,31)15-19)22(28)3-2-11-26-23(29)21(34-24(26)33)13-17-5-7-18(25)8-6-17/h4-9,13,19H,2-3,10-12,14-15H2,1H3/b21-13-. The second-order valence-electron chi connectivity index (χ2n) is 8.58. The molecule has 0 N–H and O–H groups in total. The van der Waals surface area contributed by atoms with E-state index in [1.807, 2.05) is 25.1 Å². The molecule has 1 aromatic carbocycles. The largest absolute Gasteiger partial charge is 0.464 e. The molecule has 35 heavy (non-hydrogen) atoms. The highest BCUT2D eigenvalue weighted by Crippen LogP contribution is 2.33. The van der Waals surface area contributed by atoms with E-state index in [9.17, 15) is 18.0 Å². The van der Waals surface area contributed by atoms with E-state index < -0.39 is 9.84 Å². The van der Waals surface area contributed by atoms with Gasteiger partial charge in [0.1, 0.15) is 15.8 Å². The maximum atomic E-state index is 13.1. The molecule has 0 aliphatic carbocycles. The van der Waals surface area contributed by atoms with E-state index >= 15 is 0 Å². The Bertz CT molecular complexity index is 1270. The first kappa shape index (κ1) is 25.9. The summed E-state index contributed by atoms with van der Waals surface area (Å²) in [5.74, 6) is 1.03. The van der Waals surface area contributed by atoms with E-state index in [2.05, 4.69) is 0 Å². The molecule has 0 spiro atoms. The second kappa shape index (κ2) is 10.9. The summed E-state index contributed by atoms with van der Waals surface area (Å²) in [6.45, 7) is 2.35. The van der Waals surface area contributed by atoms with Crippen molar-refractivity contribution in [2.75, 3.05) is 18.1 Å². The SMILES string of the molecule is Cc1ccc(CN(C(=O)CCCN2C(=O)/C(=C/c3ccc(Cl)cc3)SC2=S)C2CCS(=O)(=O)C2)o1. The second-order valence-corrected chi connectivity index (χ2v) is 12.9. The van der Waals surface area contributed by atoms with Gasteiger partial charge in [-0.05, 0) is 55.7 Å². The van der Waals surface area contributed by atoms with E-state index in [1.165, 1.54) is 16.7 Å². The number of rotatable bonds is 8. The molecule has 0 saturated carbocycles. The summed E-state index contributed by atoms with van der Waals surface area (Å²) < 4.78 is 30.1. The van der Waals surface area contributed by atoms with Gasteiger partial charge in [-0.15, -0.1) is 0 Å². The lowest BCUT2D eigenvalue weighted by Crippen LogP contribution is -2.41. The molecule has 2 aliphatic rings. The van der Waals surface area contributed by atoms with Crippen molar-refractivity contribution in [3.8, 4) is 0 Å². The van der Waals surface area contributed by atoms with Crippen LogP contribution in [0.4, 0.5) is 0 Å². The summed E-state index contributed by atoms with van der Waals surface area (Å²) in [6, 6.07) is 10.4. The average molecular weight is 553 g/mol. The first-order chi connectivity index (χ1) is 16.6. The zero-order valence-electron chi connectivity index (χ0n) is 19.1. The number of amides is 2. The minimum Gasteiger partial charge on any atom is -0.464 e. The van der Waals surface area contributed by atoms with Gasteiger partial charge in [0, 0.05) is 24.0 Å². The third kappa shape index (κ3) is 6.55. The number of carbonyl (C=O) groups is 2. The number of furan rings is 1. The summed E-state index contributed by atoms with van der Waals surface area (Å²) in [5.41, 5.74) is 0.848. The fourth-order valence-electron chi connectivity index (χ4n) is 4.12. The van der Waals surface area contributed by atoms with Crippen LogP contribution in [0, 0.1) is 6.92 Å². The number of aryl methyl sites for hydroxylation is 1. The first-order valence-electron chi connectivity index (χ1n) is 11.2. The van der Waals surface area contributed by atoms with Crippen molar-refractivity contribution < 1.29 is 22.4 Å². The normalized spacial score (nSPS) is 20.7. The van der Waals surface area contributed by atoms with Gasteiger partial charge in [-0.3, -0.25) is 14.5 Å². The Kier molecular flexibility index (Phi) is 8.05. The lowest BCUT2D eigenvalue weighted by atomic mass is 10.1. The molecular weight excluding hydrogens is 528 g/mol. The fraction of sp³-hybridized carbons (Fsp3) is 0.375. The molecule has 7 nitrogen and oxygen atoms in total. The Morgan fingerprint density at radius 1 is 1.29 bits per heavy atom. The van der Waals surface area contributed by atoms with Crippen molar-refractivity contribution in [3.05, 3.63) is 63.4 Å². The molecule has 11 heteroatoms. The Morgan fingerprint density at radius 3 is 2.66 bits per heavy atom. The maximum absolute atomic E-state index is 13.1. The van der Waals surface area contributed by atoms with Crippen LogP contribution in [0.1, 0.15) is 36.3 Å². The number of nitrogens with zero attached hydrogens (tertiary/aromatic N) is 2. The third-order valence-corrected chi connectivity index (χ3v) is 9.29. The molecule has 1 atom stereocenters. The minimum absolute atomic E-state index is 0.0391. The monoisotopic (exact) mass is 552 g/mol. The van der Waals surface area contributed by atoms with Crippen LogP contribution in [-0.4, -0.2) is 58.4 Å². The number of thiocarbonyl (C=S) groups is 1. The van der Waals surface area contributed by atoms with E-state index in [-0.39, 0.29) is 42.3 Å². The van der Waals surface area contributed by atoms with Crippen molar-refractivity contribution >= 4 is 67.6 Å². The minimum atomic E-state index is -3.15. The lowest BCUT2D eigenvalue weighted by Gasteiger charge is -2.28. The Morgan fingerprint density at radius 2 is 2.03 bits per heavy atom. The van der Waals surface area contributed by atoms with Crippen LogP contribution in [0.3, 0.4) is 0 Å². The molecule has 2 amide bonds. The number of carbonyl (C=O) groups excluding carboxylic acids is 2. The van der Waals surface area contributed by atoms with Crippen LogP contribution < -0.4 is 0 Å². The van der Waals surface area contributed by atoms with Gasteiger partial charge in [-0.1, -0.05) is 47.7 Å². The molecule has 2 fully saturated rings. The van der Waals surface area contributed by atoms with Crippen molar-refractivity contribution in [2.24, 2.45) is 0 Å². The molecule has 4 rings (SSSR count). The predicted molar refractivity (Wildman–Crippen MR) is 142 cm³/mol. The highest BCUT2D eigenvalue weighted by Gasteiger charge is 2.36. The van der Waals surface area contributed by atoms with Crippen molar-refractivity contribution in [2.45, 2.75) is 38.8 Å². The van der Waals surface area contributed by atoms with Gasteiger partial charge < -0.3 is 9.32 Å². The van der Waals surface area contributed by atoms with Crippen LogP contribution in [0.5, 0.6) is 0 Å². The number of hydrogen-bond acceptors (Lipinski definition) is 7. The molecular formula is C24H25ClN2O5S3. The Balaban J connectivity index is 1.38. The number of sulfone groups is 1. The number of halogens is 1. The van der Waals surface area contributed by atoms with Crippen LogP contribution >= 0.6 is 35.6 Å². The van der Waals surface area contributed by atoms with E-state index in [0.717, 1.165) is 11.3 Å². The smallest absolute Gasteiger partial charge is 0.266 e. The summed E-state index contributed by atoms with van der Waals surface area (Å²) in [6.07, 6.45) is 2.77. The third-order valence-electron chi connectivity index (χ3n) is 5.91. The van der Waals surface area contributed by atoms with Crippen LogP contribution in [0.2, 0.25) is 5.02 Å². The predicted octanol–water partition coefficient (Wildman–Crippen LogP) is 4.44. The molecule has 2 saturated heterocycles. The summed E-state index contributed by atoms with van der Waals surface area (Å²) in [5, 5.41) is 0.616. The number of benzene rings is 1. The summed E-state index contributed by atoms with van der Waals surface area (Å²) in [7, 11) is -3.15. The molecule has 1 aromatic heterocycles. The molecule has 186 valence electrons. The Labute approximate surface area is 219 Å². The highest BCUT2D eigenvalue weighted by atomic mass is 35.5. The Hall–Kier alpha value is -2.14. The van der Waals surface area contributed by atoms with Crippen LogP contribution in [0.25, 0.3) is 6.08 Å². The molecule has 1 unspecified atom stereocenters. The molecule has 3 heterocycles. The number of hydrogen-bond donors (Lipinski definition) is 0. The molecule has 2 aliphatic heterocycles. The van der Waals surface area contributed by atoms with Gasteiger partial charge in [-0.25, -0.2) is 8.42 Å². The van der Waals surface area contributed by atoms with Gasteiger partial charge in [0.25, 0.3) is 5.91 Å². The molecule has 2 aromatic rings. The first-order valence-corrected chi connectivity index (χ1v) is 14.6. The quantitative estimate of drug-likeness (QED) is 0.353. The maximum Gasteiger partial charge on any atom is 0.266 e. The van der Waals surface area contributed by atoms with Gasteiger partial charge in [-0.2, -0.15) is 0 Å². The zero-order chi connectivity index (χ0) is 25.2. The summed E-state index contributed by atoms with van der Waals surface area (Å²) in [4.78, 5) is 29.7. The zero-order valence-corrected chi connectivity index (χ0v) is 22.3. The highest BCUT2D eigenvalue weighted by molar-refractivity contribution is 8.26. The van der Waals surface area contributed by atoms with Gasteiger partial charge in [0.05, 0.1) is 23.0 Å². The molecule has 0 bridgehead atoms. The average Bonchev–Trinajstić information content (AvgIpc) is 3.46. The van der Waals surface area contributed by atoms with Crippen molar-refractivity contribution in [1.29, 1.82) is 0 Å². The lowest BCUT2D eigenvalue weighted by molar-refractivity contribution is -0.134. The van der Waals surface area contributed by atoms with Crippen LogP contribution in [0.15, 0.2) is 45.7 Å². The van der Waals surface area contributed by atoms with E-state index in [4.69, 9.17) is 28.2 Å². The van der Waals surface area contributed by atoms with Gasteiger partial charge in [0.15, 0.2) is 9.84 Å². The fourth-order valence-corrected chi connectivity index (χ4v) is 7.28. The van der Waals surface area contributed by atoms with Gasteiger partial charge >= 0.3 is 0 Å². The topological polar surface area (TPSA) is 87.9 Å². The number of thioether (sulfide) groups is 1. The van der Waals surface area contributed by atoms with Crippen LogP contribution in [-0.2, 0) is 26.0 Å². The van der Waals surface area contributed by atoms with E-state index in [1.54, 1.807) is 29.2 Å². The van der Waals surface area contributed by atoms with E-state index in [0.29, 0.717) is 39.4 Å². The van der Waals surface area contributed by atoms with Crippen molar-refractivity contribution in [3.63, 3.8) is 0 Å². The molecule has 0 radical (unpaired) electrons. The van der Waals surface area contributed by atoms with Gasteiger partial charge in [0.2, 0.25) is 5.91 Å². The van der Waals surface area contributed by atoms with Crippen molar-refractivity contribution in [1.82, 2.24) is 9.80 Å². The summed E-state index contributed by atoms with van der Waals surface area (Å²) >= 11 is 12.5.